The highest BCUT2D eigenvalue weighted by Crippen LogP contribution is 2.26. The number of benzene rings is 3. The molecule has 1 heterocycles. The smallest absolute Gasteiger partial charge is 0.224 e. The van der Waals surface area contributed by atoms with Crippen molar-refractivity contribution in [1.29, 1.82) is 0 Å². The summed E-state index contributed by atoms with van der Waals surface area (Å²) >= 11 is 12.1. The molecule has 1 atom stereocenters. The molecule has 1 N–H and O–H groups in total. The second-order valence-corrected chi connectivity index (χ2v) is 10.9. The maximum atomic E-state index is 13.0. The zero-order valence-corrected chi connectivity index (χ0v) is 19.8. The molecule has 168 valence electrons. The van der Waals surface area contributed by atoms with E-state index < -0.39 is 10.0 Å². The number of nitrogens with zero attached hydrogens (tertiary/aromatic N) is 1. The maximum Gasteiger partial charge on any atom is 0.224 e. The van der Waals surface area contributed by atoms with Gasteiger partial charge in [0.2, 0.25) is 15.9 Å². The molecule has 0 aromatic heterocycles. The van der Waals surface area contributed by atoms with Crippen LogP contribution in [0.2, 0.25) is 10.0 Å². The molecule has 1 aliphatic heterocycles. The van der Waals surface area contributed by atoms with Crippen LogP contribution in [0.5, 0.6) is 0 Å². The molecule has 1 aliphatic rings. The topological polar surface area (TPSA) is 66.5 Å². The molecule has 0 unspecified atom stereocenters. The first-order valence-electron chi connectivity index (χ1n) is 10.5. The van der Waals surface area contributed by atoms with Crippen LogP contribution in [-0.2, 0) is 27.1 Å². The Balaban J connectivity index is 1.41. The van der Waals surface area contributed by atoms with Crippen LogP contribution in [0.25, 0.3) is 10.8 Å². The third-order valence-corrected chi connectivity index (χ3v) is 8.22. The fraction of sp³-hybridized carbons (Fsp3) is 0.292. The molecule has 32 heavy (non-hydrogen) atoms. The van der Waals surface area contributed by atoms with Crippen molar-refractivity contribution >= 4 is 49.9 Å². The summed E-state index contributed by atoms with van der Waals surface area (Å²) in [5, 5.41) is 6.00. The Bertz CT molecular complexity index is 1240. The van der Waals surface area contributed by atoms with Gasteiger partial charge in [-0.2, -0.15) is 0 Å². The minimum atomic E-state index is -3.61. The molecule has 4 rings (SSSR count). The predicted molar refractivity (Wildman–Crippen MR) is 129 cm³/mol. The van der Waals surface area contributed by atoms with Gasteiger partial charge in [0, 0.05) is 29.7 Å². The maximum absolute atomic E-state index is 13.0. The Morgan fingerprint density at radius 2 is 1.81 bits per heavy atom. The number of fused-ring (bicyclic) bond motifs is 1. The first-order valence-corrected chi connectivity index (χ1v) is 12.9. The van der Waals surface area contributed by atoms with Crippen molar-refractivity contribution in [2.75, 3.05) is 13.1 Å². The largest absolute Gasteiger partial charge is 0.352 e. The number of carbonyl (C=O) groups excluding carboxylic acids is 1. The van der Waals surface area contributed by atoms with Gasteiger partial charge in [-0.05, 0) is 46.9 Å². The number of hydrogen-bond donors (Lipinski definition) is 1. The third kappa shape index (κ3) is 5.26. The molecule has 0 saturated carbocycles. The summed E-state index contributed by atoms with van der Waals surface area (Å²) in [5.74, 6) is -0.718. The van der Waals surface area contributed by atoms with Crippen LogP contribution in [0.15, 0.2) is 60.7 Å². The van der Waals surface area contributed by atoms with Gasteiger partial charge in [0.1, 0.15) is 0 Å². The van der Waals surface area contributed by atoms with Crippen molar-refractivity contribution in [2.45, 2.75) is 25.1 Å². The van der Waals surface area contributed by atoms with E-state index in [-0.39, 0.29) is 24.1 Å². The fourth-order valence-corrected chi connectivity index (χ4v) is 6.31. The van der Waals surface area contributed by atoms with Gasteiger partial charge in [-0.25, -0.2) is 12.7 Å². The monoisotopic (exact) mass is 490 g/mol. The van der Waals surface area contributed by atoms with Crippen molar-refractivity contribution < 1.29 is 13.2 Å². The minimum Gasteiger partial charge on any atom is -0.352 e. The zero-order valence-electron chi connectivity index (χ0n) is 17.4. The van der Waals surface area contributed by atoms with Gasteiger partial charge in [0.05, 0.1) is 11.7 Å². The van der Waals surface area contributed by atoms with Crippen molar-refractivity contribution in [3.8, 4) is 0 Å². The molecule has 1 amide bonds. The second kappa shape index (κ2) is 9.79. The Hall–Kier alpha value is -2.12. The van der Waals surface area contributed by atoms with E-state index in [4.69, 9.17) is 23.2 Å². The quantitative estimate of drug-likeness (QED) is 0.528. The lowest BCUT2D eigenvalue weighted by Crippen LogP contribution is -2.45. The lowest BCUT2D eigenvalue weighted by atomic mass is 9.98. The molecule has 0 radical (unpaired) electrons. The van der Waals surface area contributed by atoms with Gasteiger partial charge in [0.15, 0.2) is 0 Å². The van der Waals surface area contributed by atoms with Crippen LogP contribution in [0.3, 0.4) is 0 Å². The van der Waals surface area contributed by atoms with Crippen LogP contribution in [0.4, 0.5) is 0 Å². The Kier molecular flexibility index (Phi) is 7.05. The van der Waals surface area contributed by atoms with E-state index >= 15 is 0 Å². The molecule has 8 heteroatoms. The van der Waals surface area contributed by atoms with E-state index in [1.807, 2.05) is 42.5 Å². The Morgan fingerprint density at radius 1 is 1.03 bits per heavy atom. The van der Waals surface area contributed by atoms with Gasteiger partial charge in [-0.15, -0.1) is 0 Å². The summed E-state index contributed by atoms with van der Waals surface area (Å²) in [4.78, 5) is 12.9. The van der Waals surface area contributed by atoms with Gasteiger partial charge < -0.3 is 5.32 Å². The summed E-state index contributed by atoms with van der Waals surface area (Å²) in [6.07, 6.45) is 1.30. The number of nitrogens with one attached hydrogen (secondary N) is 1. The average Bonchev–Trinajstić information content (AvgIpc) is 2.79. The summed E-state index contributed by atoms with van der Waals surface area (Å²) in [5.41, 5.74) is 1.53. The van der Waals surface area contributed by atoms with Crippen LogP contribution in [0, 0.1) is 5.92 Å². The number of hydrogen-bond acceptors (Lipinski definition) is 3. The highest BCUT2D eigenvalue weighted by atomic mass is 35.5. The van der Waals surface area contributed by atoms with Crippen LogP contribution in [-0.4, -0.2) is 31.7 Å². The zero-order chi connectivity index (χ0) is 22.7. The summed E-state index contributed by atoms with van der Waals surface area (Å²) in [7, 11) is -3.61. The van der Waals surface area contributed by atoms with Gasteiger partial charge in [-0.3, -0.25) is 4.79 Å². The Morgan fingerprint density at radius 3 is 2.62 bits per heavy atom. The first-order chi connectivity index (χ1) is 15.3. The minimum absolute atomic E-state index is 0.123. The van der Waals surface area contributed by atoms with Crippen LogP contribution in [0.1, 0.15) is 24.0 Å². The molecule has 1 fully saturated rings. The summed E-state index contributed by atoms with van der Waals surface area (Å²) < 4.78 is 27.4. The number of sulfonamides is 1. The first kappa shape index (κ1) is 23.1. The van der Waals surface area contributed by atoms with Gasteiger partial charge in [-0.1, -0.05) is 71.7 Å². The van der Waals surface area contributed by atoms with E-state index in [1.54, 1.807) is 12.1 Å². The standard InChI is InChI=1S/C24H24Cl2N2O3S/c25-21-11-10-20(23(26)13-21)16-32(30,31)28-12-4-8-19(15-28)24(29)27-14-18-7-3-6-17-5-1-2-9-22(17)18/h1-3,5-7,9-11,13,19H,4,8,12,14-16H2,(H,27,29)/t19-/m0/s1. The van der Waals surface area contributed by atoms with Crippen molar-refractivity contribution in [3.05, 3.63) is 81.8 Å². The van der Waals surface area contributed by atoms with Crippen molar-refractivity contribution in [1.82, 2.24) is 9.62 Å². The number of rotatable bonds is 6. The van der Waals surface area contributed by atoms with Crippen LogP contribution < -0.4 is 5.32 Å². The SMILES string of the molecule is O=C(NCc1cccc2ccccc12)[C@H]1CCCN(S(=O)(=O)Cc2ccc(Cl)cc2Cl)C1. The highest BCUT2D eigenvalue weighted by Gasteiger charge is 2.32. The lowest BCUT2D eigenvalue weighted by molar-refractivity contribution is -0.126. The molecule has 0 bridgehead atoms. The normalized spacial score (nSPS) is 17.4. The number of halogens is 2. The summed E-state index contributed by atoms with van der Waals surface area (Å²) in [6, 6.07) is 18.8. The van der Waals surface area contributed by atoms with Crippen molar-refractivity contribution in [2.24, 2.45) is 5.92 Å². The lowest BCUT2D eigenvalue weighted by Gasteiger charge is -2.31. The van der Waals surface area contributed by atoms with E-state index in [2.05, 4.69) is 5.32 Å². The predicted octanol–water partition coefficient (Wildman–Crippen LogP) is 5.00. The van der Waals surface area contributed by atoms with Gasteiger partial charge in [0.25, 0.3) is 0 Å². The number of amides is 1. The van der Waals surface area contributed by atoms with E-state index in [1.165, 1.54) is 10.4 Å². The molecular weight excluding hydrogens is 467 g/mol. The van der Waals surface area contributed by atoms with E-state index in [9.17, 15) is 13.2 Å². The second-order valence-electron chi connectivity index (χ2n) is 8.05. The third-order valence-electron chi connectivity index (χ3n) is 5.83. The van der Waals surface area contributed by atoms with Crippen LogP contribution >= 0.6 is 23.2 Å². The molecular formula is C24H24Cl2N2O3S. The number of carbonyl (C=O) groups is 1. The molecule has 0 aliphatic carbocycles. The van der Waals surface area contributed by atoms with Crippen molar-refractivity contribution in [3.63, 3.8) is 0 Å². The van der Waals surface area contributed by atoms with Gasteiger partial charge >= 0.3 is 0 Å². The Labute approximate surface area is 198 Å². The number of piperidine rings is 1. The van der Waals surface area contributed by atoms with E-state index in [0.717, 1.165) is 16.3 Å². The molecule has 3 aromatic carbocycles. The van der Waals surface area contributed by atoms with E-state index in [0.29, 0.717) is 41.5 Å². The molecule has 1 saturated heterocycles. The molecule has 5 nitrogen and oxygen atoms in total. The summed E-state index contributed by atoms with van der Waals surface area (Å²) in [6.45, 7) is 0.985. The highest BCUT2D eigenvalue weighted by molar-refractivity contribution is 7.88. The molecule has 3 aromatic rings. The molecule has 0 spiro atoms. The fourth-order valence-electron chi connectivity index (χ4n) is 4.11. The average molecular weight is 491 g/mol.